The van der Waals surface area contributed by atoms with Gasteiger partial charge in [-0.1, -0.05) is 0 Å². The minimum atomic E-state index is -1.44. The molecule has 0 saturated heterocycles. The predicted octanol–water partition coefficient (Wildman–Crippen LogP) is 14.6. The molecular formula is C56H62GeO2. The first-order valence-corrected chi connectivity index (χ1v) is 23.6. The van der Waals surface area contributed by atoms with Gasteiger partial charge in [0, 0.05) is 0 Å². The van der Waals surface area contributed by atoms with Crippen LogP contribution in [-0.4, -0.2) is 21.6 Å². The van der Waals surface area contributed by atoms with Gasteiger partial charge in [0.05, 0.1) is 0 Å². The third-order valence-corrected chi connectivity index (χ3v) is 15.2. The number of hydrogen-bond donors (Lipinski definition) is 0. The van der Waals surface area contributed by atoms with Crippen molar-refractivity contribution in [1.29, 1.82) is 0 Å². The Balaban J connectivity index is 1.54. The van der Waals surface area contributed by atoms with Crippen LogP contribution in [0.4, 0.5) is 0 Å². The van der Waals surface area contributed by atoms with E-state index in [1.54, 1.807) is 0 Å². The first-order chi connectivity index (χ1) is 28.0. The molecule has 0 aromatic heterocycles. The standard InChI is InChI=1S/C56H62GeO2/c1-31(2)41-19-15-20-42(32(3)4)51(41)44-22-16-23-45-52-43(33(5)6)21-18-26-48(52)56(34(7)8,55(58)53(44)45)59-57-54-46(49-37(11)27-35(9)28-38(49)12)24-17-25-47(54)50-39(13)29-36(10)30-40(50)14/h15-34H,1-14H3. The van der Waals surface area contributed by atoms with Crippen LogP contribution in [0.5, 0.6) is 0 Å². The topological polar surface area (TPSA) is 26.3 Å². The van der Waals surface area contributed by atoms with Gasteiger partial charge in [-0.3, -0.25) is 0 Å². The molecule has 0 aliphatic heterocycles. The first-order valence-electron chi connectivity index (χ1n) is 21.7. The Labute approximate surface area is 361 Å². The van der Waals surface area contributed by atoms with Crippen LogP contribution in [0.1, 0.15) is 139 Å². The summed E-state index contributed by atoms with van der Waals surface area (Å²) in [4.78, 5) is 16.3. The average molecular weight is 840 g/mol. The Kier molecular flexibility index (Phi) is 11.9. The van der Waals surface area contributed by atoms with E-state index in [0.717, 1.165) is 27.8 Å². The molecule has 2 radical (unpaired) electrons. The fourth-order valence-electron chi connectivity index (χ4n) is 10.3. The molecule has 0 N–H and O–H groups in total. The fourth-order valence-corrected chi connectivity index (χ4v) is 13.1. The van der Waals surface area contributed by atoms with Crippen molar-refractivity contribution in [2.45, 2.75) is 120 Å². The van der Waals surface area contributed by atoms with Crippen molar-refractivity contribution in [2.75, 3.05) is 0 Å². The summed E-state index contributed by atoms with van der Waals surface area (Å²) in [5, 5.41) is 0. The van der Waals surface area contributed by atoms with Gasteiger partial charge in [0.2, 0.25) is 0 Å². The molecule has 59 heavy (non-hydrogen) atoms. The van der Waals surface area contributed by atoms with E-state index < -0.39 is 21.4 Å². The molecule has 0 amide bonds. The van der Waals surface area contributed by atoms with Crippen molar-refractivity contribution in [1.82, 2.24) is 0 Å². The van der Waals surface area contributed by atoms with Crippen molar-refractivity contribution in [3.63, 3.8) is 0 Å². The molecule has 0 heterocycles. The second-order valence-corrected chi connectivity index (χ2v) is 20.4. The van der Waals surface area contributed by atoms with Gasteiger partial charge in [-0.05, 0) is 0 Å². The number of benzene rings is 6. The van der Waals surface area contributed by atoms with Crippen LogP contribution in [0.15, 0.2) is 97.1 Å². The zero-order valence-electron chi connectivity index (χ0n) is 37.9. The Morgan fingerprint density at radius 2 is 0.831 bits per heavy atom. The second-order valence-electron chi connectivity index (χ2n) is 18.5. The number of carbonyl (C=O) groups is 1. The van der Waals surface area contributed by atoms with E-state index in [9.17, 15) is 0 Å². The third kappa shape index (κ3) is 7.29. The third-order valence-electron chi connectivity index (χ3n) is 12.7. The summed E-state index contributed by atoms with van der Waals surface area (Å²) in [5.41, 5.74) is 21.3. The number of ketones is 1. The van der Waals surface area contributed by atoms with Crippen molar-refractivity contribution in [2.24, 2.45) is 5.92 Å². The van der Waals surface area contributed by atoms with E-state index in [0.29, 0.717) is 0 Å². The molecule has 2 nitrogen and oxygen atoms in total. The second kappa shape index (κ2) is 16.5. The van der Waals surface area contributed by atoms with E-state index in [1.807, 2.05) is 0 Å². The van der Waals surface area contributed by atoms with Crippen molar-refractivity contribution in [3.8, 4) is 44.5 Å². The molecule has 1 aliphatic carbocycles. The SMILES string of the molecule is Cc1cc(C)c(-c2cccc(-c3c(C)cc(C)cc3C)[c]2[Ge][O]C2(C(C)C)C(=O)c3c(-c4c(C(C)C)cccc4C(C)C)cccc3-c3c(C(C)C)cccc32)c(C)c1. The fraction of sp³-hybridized carbons (Fsp3) is 0.339. The Morgan fingerprint density at radius 1 is 0.458 bits per heavy atom. The number of aryl methyl sites for hydroxylation is 6. The molecule has 0 spiro atoms. The molecule has 0 bridgehead atoms. The summed E-state index contributed by atoms with van der Waals surface area (Å²) in [6, 6.07) is 35.8. The maximum atomic E-state index is 16.3. The quantitative estimate of drug-likeness (QED) is 0.128. The molecule has 1 atom stereocenters. The van der Waals surface area contributed by atoms with Crippen LogP contribution in [0, 0.1) is 47.5 Å². The van der Waals surface area contributed by atoms with Crippen molar-refractivity contribution < 1.29 is 8.56 Å². The van der Waals surface area contributed by atoms with Gasteiger partial charge in [-0.25, -0.2) is 0 Å². The Morgan fingerprint density at radius 3 is 1.25 bits per heavy atom. The zero-order valence-corrected chi connectivity index (χ0v) is 40.0. The van der Waals surface area contributed by atoms with Crippen molar-refractivity contribution >= 4 is 25.9 Å². The molecule has 6 aromatic carbocycles. The zero-order chi connectivity index (χ0) is 42.7. The number of Topliss-reactive ketones (excluding diaryl/α,β-unsaturated/α-hetero) is 1. The number of rotatable bonds is 10. The molecule has 1 unspecified atom stereocenters. The summed E-state index contributed by atoms with van der Waals surface area (Å²) in [5.74, 6) is 0.746. The molecular weight excluding hydrogens is 777 g/mol. The summed E-state index contributed by atoms with van der Waals surface area (Å²) in [7, 11) is 0. The van der Waals surface area contributed by atoms with Crippen LogP contribution in [0.3, 0.4) is 0 Å². The number of fused-ring (bicyclic) bond motifs is 3. The van der Waals surface area contributed by atoms with Gasteiger partial charge in [0.1, 0.15) is 0 Å². The Bertz CT molecular complexity index is 2450. The molecule has 0 fully saturated rings. The number of carbonyl (C=O) groups excluding carboxylic acids is 1. The van der Waals surface area contributed by atoms with Gasteiger partial charge in [0.25, 0.3) is 0 Å². The molecule has 7 rings (SSSR count). The monoisotopic (exact) mass is 840 g/mol. The molecule has 1 aliphatic rings. The van der Waals surface area contributed by atoms with Crippen LogP contribution < -0.4 is 4.40 Å². The summed E-state index contributed by atoms with van der Waals surface area (Å²) in [6.07, 6.45) is 0. The summed E-state index contributed by atoms with van der Waals surface area (Å²) in [6.45, 7) is 31.3. The first kappa shape index (κ1) is 42.6. The van der Waals surface area contributed by atoms with Gasteiger partial charge < -0.3 is 0 Å². The molecule has 6 aromatic rings. The summed E-state index contributed by atoms with van der Waals surface area (Å²) >= 11 is -1.44. The van der Waals surface area contributed by atoms with E-state index >= 15 is 4.79 Å². The van der Waals surface area contributed by atoms with E-state index in [4.69, 9.17) is 3.76 Å². The van der Waals surface area contributed by atoms with Gasteiger partial charge in [-0.2, -0.15) is 0 Å². The normalized spacial score (nSPS) is 15.1. The van der Waals surface area contributed by atoms with Gasteiger partial charge in [0.15, 0.2) is 0 Å². The van der Waals surface area contributed by atoms with E-state index in [-0.39, 0.29) is 29.5 Å². The van der Waals surface area contributed by atoms with Crippen LogP contribution in [0.2, 0.25) is 0 Å². The average Bonchev–Trinajstić information content (AvgIpc) is 3.16. The van der Waals surface area contributed by atoms with Crippen LogP contribution in [0.25, 0.3) is 44.5 Å². The van der Waals surface area contributed by atoms with Crippen molar-refractivity contribution in [3.05, 3.63) is 158 Å². The Hall–Kier alpha value is -4.51. The predicted molar refractivity (Wildman–Crippen MR) is 253 cm³/mol. The molecule has 3 heteroatoms. The molecule has 302 valence electrons. The van der Waals surface area contributed by atoms with Crippen LogP contribution in [-0.2, 0) is 9.36 Å². The van der Waals surface area contributed by atoms with E-state index in [2.05, 4.69) is 194 Å². The maximum absolute atomic E-state index is 16.3. The minimum absolute atomic E-state index is 0.0768. The van der Waals surface area contributed by atoms with Gasteiger partial charge in [-0.15, -0.1) is 0 Å². The van der Waals surface area contributed by atoms with Crippen LogP contribution >= 0.6 is 0 Å². The summed E-state index contributed by atoms with van der Waals surface area (Å²) < 4.78 is 9.04. The van der Waals surface area contributed by atoms with Gasteiger partial charge >= 0.3 is 363 Å². The van der Waals surface area contributed by atoms with E-state index in [1.165, 1.54) is 82.3 Å². The number of hydrogen-bond acceptors (Lipinski definition) is 2. The molecule has 0 saturated carbocycles.